The number of methoxy groups -OCH3 is 2. The molecule has 190 valence electrons. The third kappa shape index (κ3) is 5.21. The summed E-state index contributed by atoms with van der Waals surface area (Å²) in [4.78, 5) is 13.4. The summed E-state index contributed by atoms with van der Waals surface area (Å²) in [5.41, 5.74) is 4.05. The summed E-state index contributed by atoms with van der Waals surface area (Å²) in [6, 6.07) is 21.4. The van der Waals surface area contributed by atoms with Gasteiger partial charge in [0.25, 0.3) is 5.91 Å². The van der Waals surface area contributed by atoms with Gasteiger partial charge in [0.2, 0.25) is 0 Å². The summed E-state index contributed by atoms with van der Waals surface area (Å²) < 4.78 is 30.2. The molecule has 1 saturated carbocycles. The predicted octanol–water partition coefficient (Wildman–Crippen LogP) is 6.04. The van der Waals surface area contributed by atoms with Crippen LogP contribution in [0.25, 0.3) is 6.08 Å². The molecule has 7 heteroatoms. The third-order valence-electron chi connectivity index (χ3n) is 6.86. The zero-order valence-electron chi connectivity index (χ0n) is 20.9. The van der Waals surface area contributed by atoms with Crippen molar-refractivity contribution in [3.8, 4) is 17.2 Å². The van der Waals surface area contributed by atoms with E-state index in [1.807, 2.05) is 48.5 Å². The van der Waals surface area contributed by atoms with Crippen molar-refractivity contribution in [2.45, 2.75) is 25.3 Å². The van der Waals surface area contributed by atoms with Gasteiger partial charge in [-0.2, -0.15) is 5.10 Å². The van der Waals surface area contributed by atoms with Crippen LogP contribution in [0.5, 0.6) is 17.2 Å². The quantitative estimate of drug-likeness (QED) is 0.397. The van der Waals surface area contributed by atoms with Gasteiger partial charge in [-0.05, 0) is 78.4 Å². The van der Waals surface area contributed by atoms with E-state index in [-0.39, 0.29) is 30.2 Å². The molecular weight excluding hydrogens is 471 g/mol. The van der Waals surface area contributed by atoms with E-state index in [0.29, 0.717) is 0 Å². The van der Waals surface area contributed by atoms with Crippen LogP contribution in [0.2, 0.25) is 0 Å². The van der Waals surface area contributed by atoms with Gasteiger partial charge in [0.05, 0.1) is 26.0 Å². The van der Waals surface area contributed by atoms with Gasteiger partial charge in [-0.15, -0.1) is 0 Å². The Labute approximate surface area is 216 Å². The van der Waals surface area contributed by atoms with E-state index in [0.717, 1.165) is 53.2 Å². The number of hydrogen-bond acceptors (Lipinski definition) is 5. The van der Waals surface area contributed by atoms with Gasteiger partial charge >= 0.3 is 0 Å². The normalized spacial score (nSPS) is 19.8. The van der Waals surface area contributed by atoms with Gasteiger partial charge in [-0.25, -0.2) is 9.40 Å². The molecule has 1 heterocycles. The maximum atomic E-state index is 14.1. The number of ether oxygens (including phenoxy) is 3. The summed E-state index contributed by atoms with van der Waals surface area (Å²) in [5, 5.41) is 6.38. The molecule has 37 heavy (non-hydrogen) atoms. The molecule has 0 aromatic heterocycles. The molecule has 0 N–H and O–H groups in total. The van der Waals surface area contributed by atoms with Gasteiger partial charge in [0, 0.05) is 5.92 Å². The van der Waals surface area contributed by atoms with Gasteiger partial charge < -0.3 is 14.2 Å². The Bertz CT molecular complexity index is 1320. The molecule has 1 aliphatic heterocycles. The molecule has 1 amide bonds. The Kier molecular flexibility index (Phi) is 7.21. The van der Waals surface area contributed by atoms with Crippen LogP contribution < -0.4 is 14.2 Å². The molecule has 0 spiro atoms. The molecule has 0 saturated heterocycles. The van der Waals surface area contributed by atoms with Crippen molar-refractivity contribution in [2.75, 3.05) is 20.8 Å². The second kappa shape index (κ2) is 10.9. The number of halogens is 1. The maximum Gasteiger partial charge on any atom is 0.281 e. The second-order valence-electron chi connectivity index (χ2n) is 9.10. The Balaban J connectivity index is 1.46. The number of benzene rings is 3. The SMILES string of the molecule is COc1ccc(/C=C2\CCC[C@@H]3C2=NN(C(=O)COc2ccccc2F)[C@@H]3c2ccc(OC)cc2)cc1. The lowest BCUT2D eigenvalue weighted by atomic mass is 9.77. The molecule has 0 bridgehead atoms. The molecule has 2 atom stereocenters. The van der Waals surface area contributed by atoms with E-state index in [1.54, 1.807) is 26.4 Å². The highest BCUT2D eigenvalue weighted by molar-refractivity contribution is 6.08. The van der Waals surface area contributed by atoms with Crippen molar-refractivity contribution < 1.29 is 23.4 Å². The lowest BCUT2D eigenvalue weighted by Gasteiger charge is -2.29. The summed E-state index contributed by atoms with van der Waals surface area (Å²) >= 11 is 0. The van der Waals surface area contributed by atoms with Crippen LogP contribution in [-0.4, -0.2) is 37.5 Å². The summed E-state index contributed by atoms with van der Waals surface area (Å²) in [6.07, 6.45) is 4.92. The smallest absolute Gasteiger partial charge is 0.281 e. The number of rotatable bonds is 7. The van der Waals surface area contributed by atoms with E-state index in [4.69, 9.17) is 19.3 Å². The monoisotopic (exact) mass is 500 g/mol. The van der Waals surface area contributed by atoms with Crippen LogP contribution in [0.1, 0.15) is 36.4 Å². The first kappa shape index (κ1) is 24.6. The van der Waals surface area contributed by atoms with Gasteiger partial charge in [0.15, 0.2) is 18.2 Å². The first-order valence-electron chi connectivity index (χ1n) is 12.3. The lowest BCUT2D eigenvalue weighted by Crippen LogP contribution is -2.34. The van der Waals surface area contributed by atoms with E-state index in [2.05, 4.69) is 6.08 Å². The molecule has 1 aliphatic carbocycles. The van der Waals surface area contributed by atoms with Crippen molar-refractivity contribution in [3.05, 3.63) is 95.3 Å². The molecule has 3 aromatic carbocycles. The maximum absolute atomic E-state index is 14.1. The molecule has 5 rings (SSSR count). The molecule has 1 fully saturated rings. The third-order valence-corrected chi connectivity index (χ3v) is 6.86. The van der Waals surface area contributed by atoms with E-state index < -0.39 is 5.82 Å². The number of hydrogen-bond donors (Lipinski definition) is 0. The van der Waals surface area contributed by atoms with E-state index >= 15 is 0 Å². The topological polar surface area (TPSA) is 60.4 Å². The van der Waals surface area contributed by atoms with Crippen molar-refractivity contribution in [1.29, 1.82) is 0 Å². The van der Waals surface area contributed by atoms with Crippen LogP contribution in [0.4, 0.5) is 4.39 Å². The van der Waals surface area contributed by atoms with Gasteiger partial charge in [-0.3, -0.25) is 4.79 Å². The Morgan fingerprint density at radius 1 is 1.00 bits per heavy atom. The summed E-state index contributed by atoms with van der Waals surface area (Å²) in [7, 11) is 3.27. The Morgan fingerprint density at radius 3 is 2.35 bits per heavy atom. The van der Waals surface area contributed by atoms with Crippen molar-refractivity contribution in [3.63, 3.8) is 0 Å². The fraction of sp³-hybridized carbons (Fsp3) is 0.267. The van der Waals surface area contributed by atoms with Crippen molar-refractivity contribution in [2.24, 2.45) is 11.0 Å². The zero-order chi connectivity index (χ0) is 25.8. The standard InChI is InChI=1S/C30H29FN2O4/c1-35-23-14-10-20(11-15-23)18-22-6-5-7-25-29(22)32-33(30(25)21-12-16-24(36-2)17-13-21)28(34)19-37-27-9-4-3-8-26(27)31/h3-4,8-18,25,30H,5-7,19H2,1-2H3/b22-18+/t25-,30-/m1/s1. The van der Waals surface area contributed by atoms with Crippen LogP contribution >= 0.6 is 0 Å². The lowest BCUT2D eigenvalue weighted by molar-refractivity contribution is -0.135. The predicted molar refractivity (Wildman–Crippen MR) is 140 cm³/mol. The number of amides is 1. The molecule has 3 aromatic rings. The van der Waals surface area contributed by atoms with Crippen LogP contribution in [0.15, 0.2) is 83.5 Å². The number of para-hydroxylation sites is 1. The summed E-state index contributed by atoms with van der Waals surface area (Å²) in [5.74, 6) is 0.800. The fourth-order valence-electron chi connectivity index (χ4n) is 5.01. The van der Waals surface area contributed by atoms with E-state index in [1.165, 1.54) is 17.1 Å². The first-order chi connectivity index (χ1) is 18.1. The highest BCUT2D eigenvalue weighted by atomic mass is 19.1. The Morgan fingerprint density at radius 2 is 1.68 bits per heavy atom. The number of hydrazone groups is 1. The molecule has 0 radical (unpaired) electrons. The van der Waals surface area contributed by atoms with Gasteiger partial charge in [-0.1, -0.05) is 36.4 Å². The van der Waals surface area contributed by atoms with Crippen molar-refractivity contribution >= 4 is 17.7 Å². The largest absolute Gasteiger partial charge is 0.497 e. The highest BCUT2D eigenvalue weighted by Gasteiger charge is 2.43. The average Bonchev–Trinajstić information content (AvgIpc) is 3.34. The average molecular weight is 501 g/mol. The first-order valence-corrected chi connectivity index (χ1v) is 12.3. The molecular formula is C30H29FN2O4. The highest BCUT2D eigenvalue weighted by Crippen LogP contribution is 2.44. The van der Waals surface area contributed by atoms with Crippen LogP contribution in [0, 0.1) is 11.7 Å². The number of fused-ring (bicyclic) bond motifs is 1. The molecule has 0 unspecified atom stereocenters. The molecule has 6 nitrogen and oxygen atoms in total. The molecule has 2 aliphatic rings. The van der Waals surface area contributed by atoms with Crippen LogP contribution in [0.3, 0.4) is 0 Å². The summed E-state index contributed by atoms with van der Waals surface area (Å²) in [6.45, 7) is -0.311. The van der Waals surface area contributed by atoms with Gasteiger partial charge in [0.1, 0.15) is 11.5 Å². The minimum Gasteiger partial charge on any atom is -0.497 e. The Hall–Kier alpha value is -4.13. The number of allylic oxidation sites excluding steroid dienone is 1. The fourth-order valence-corrected chi connectivity index (χ4v) is 5.01. The number of carbonyl (C=O) groups is 1. The van der Waals surface area contributed by atoms with Crippen LogP contribution in [-0.2, 0) is 4.79 Å². The number of carbonyl (C=O) groups excluding carboxylic acids is 1. The number of nitrogens with zero attached hydrogens (tertiary/aromatic N) is 2. The zero-order valence-corrected chi connectivity index (χ0v) is 20.9. The second-order valence-corrected chi connectivity index (χ2v) is 9.10. The minimum absolute atomic E-state index is 0.0428. The van der Waals surface area contributed by atoms with Crippen molar-refractivity contribution in [1.82, 2.24) is 5.01 Å². The minimum atomic E-state index is -0.506. The van der Waals surface area contributed by atoms with E-state index in [9.17, 15) is 9.18 Å².